The molecular weight excluding hydrogens is 224 g/mol. The van der Waals surface area contributed by atoms with Crippen molar-refractivity contribution in [1.29, 1.82) is 5.26 Å². The Morgan fingerprint density at radius 2 is 2.06 bits per heavy atom. The van der Waals surface area contributed by atoms with Crippen molar-refractivity contribution in [3.8, 4) is 6.07 Å². The first kappa shape index (κ1) is 12.6. The minimum atomic E-state index is -0.864. The van der Waals surface area contributed by atoms with Crippen LogP contribution in [0.25, 0.3) is 0 Å². The van der Waals surface area contributed by atoms with Crippen LogP contribution in [0.15, 0.2) is 24.3 Å². The third kappa shape index (κ3) is 1.78. The molecule has 2 rings (SSSR count). The number of carbonyl (C=O) groups is 1. The van der Waals surface area contributed by atoms with Gasteiger partial charge < -0.3 is 4.90 Å². The van der Waals surface area contributed by atoms with Crippen molar-refractivity contribution in [3.05, 3.63) is 29.8 Å². The van der Waals surface area contributed by atoms with Gasteiger partial charge in [-0.25, -0.2) is 0 Å². The fourth-order valence-corrected chi connectivity index (χ4v) is 2.57. The number of anilines is 1. The zero-order valence-electron chi connectivity index (χ0n) is 10.9. The standard InChI is InChI=1S/C15H18N2O/c1-3-15(4-2,11-16)14(18)17-10-9-12-7-5-6-8-13(12)17/h5-8H,3-4,9-10H2,1-2H3. The smallest absolute Gasteiger partial charge is 0.247 e. The Kier molecular flexibility index (Phi) is 3.38. The second-order valence-corrected chi connectivity index (χ2v) is 4.74. The molecule has 0 radical (unpaired) electrons. The summed E-state index contributed by atoms with van der Waals surface area (Å²) in [5.41, 5.74) is 1.31. The van der Waals surface area contributed by atoms with Gasteiger partial charge in [0, 0.05) is 12.2 Å². The fraction of sp³-hybridized carbons (Fsp3) is 0.467. The Bertz CT molecular complexity index is 497. The normalized spacial score (nSPS) is 14.2. The molecular formula is C15H18N2O. The van der Waals surface area contributed by atoms with Crippen LogP contribution in [0.3, 0.4) is 0 Å². The highest BCUT2D eigenvalue weighted by Crippen LogP contribution is 2.35. The van der Waals surface area contributed by atoms with Crippen molar-refractivity contribution in [3.63, 3.8) is 0 Å². The first-order chi connectivity index (χ1) is 8.68. The number of benzene rings is 1. The van der Waals surface area contributed by atoms with Crippen LogP contribution in [0.4, 0.5) is 5.69 Å². The number of para-hydroxylation sites is 1. The molecule has 0 aliphatic carbocycles. The van der Waals surface area contributed by atoms with E-state index in [0.29, 0.717) is 19.4 Å². The van der Waals surface area contributed by atoms with Gasteiger partial charge in [0.25, 0.3) is 0 Å². The highest BCUT2D eigenvalue weighted by atomic mass is 16.2. The molecule has 0 atom stereocenters. The second kappa shape index (κ2) is 4.81. The van der Waals surface area contributed by atoms with Crippen LogP contribution in [0.2, 0.25) is 0 Å². The van der Waals surface area contributed by atoms with Crippen molar-refractivity contribution in [2.45, 2.75) is 33.1 Å². The van der Waals surface area contributed by atoms with E-state index in [1.807, 2.05) is 32.0 Å². The molecule has 0 fully saturated rings. The third-order valence-corrected chi connectivity index (χ3v) is 3.96. The van der Waals surface area contributed by atoms with Crippen LogP contribution in [0, 0.1) is 16.7 Å². The summed E-state index contributed by atoms with van der Waals surface area (Å²) in [5, 5.41) is 9.36. The van der Waals surface area contributed by atoms with Gasteiger partial charge in [-0.15, -0.1) is 0 Å². The molecule has 1 heterocycles. The van der Waals surface area contributed by atoms with E-state index >= 15 is 0 Å². The molecule has 0 unspecified atom stereocenters. The van der Waals surface area contributed by atoms with Crippen LogP contribution in [-0.2, 0) is 11.2 Å². The van der Waals surface area contributed by atoms with E-state index in [0.717, 1.165) is 12.1 Å². The molecule has 3 nitrogen and oxygen atoms in total. The maximum absolute atomic E-state index is 12.6. The van der Waals surface area contributed by atoms with Gasteiger partial charge >= 0.3 is 0 Å². The third-order valence-electron chi connectivity index (χ3n) is 3.96. The molecule has 0 spiro atoms. The van der Waals surface area contributed by atoms with E-state index in [-0.39, 0.29) is 5.91 Å². The van der Waals surface area contributed by atoms with E-state index in [1.54, 1.807) is 4.90 Å². The molecule has 0 bridgehead atoms. The van der Waals surface area contributed by atoms with Gasteiger partial charge in [-0.2, -0.15) is 5.26 Å². The van der Waals surface area contributed by atoms with Gasteiger partial charge in [0.05, 0.1) is 6.07 Å². The molecule has 1 aliphatic heterocycles. The van der Waals surface area contributed by atoms with Crippen molar-refractivity contribution in [2.75, 3.05) is 11.4 Å². The number of hydrogen-bond acceptors (Lipinski definition) is 2. The number of nitrogens with zero attached hydrogens (tertiary/aromatic N) is 2. The number of carbonyl (C=O) groups excluding carboxylic acids is 1. The Balaban J connectivity index is 2.35. The molecule has 0 N–H and O–H groups in total. The summed E-state index contributed by atoms with van der Waals surface area (Å²) >= 11 is 0. The predicted octanol–water partition coefficient (Wildman–Crippen LogP) is 2.91. The summed E-state index contributed by atoms with van der Waals surface area (Å²) in [6.07, 6.45) is 2.02. The molecule has 0 aromatic heterocycles. The van der Waals surface area contributed by atoms with E-state index in [9.17, 15) is 10.1 Å². The maximum Gasteiger partial charge on any atom is 0.247 e. The summed E-state index contributed by atoms with van der Waals surface area (Å²) in [5.74, 6) is -0.0417. The van der Waals surface area contributed by atoms with E-state index < -0.39 is 5.41 Å². The van der Waals surface area contributed by atoms with E-state index in [4.69, 9.17) is 0 Å². The summed E-state index contributed by atoms with van der Waals surface area (Å²) in [6.45, 7) is 4.51. The van der Waals surface area contributed by atoms with E-state index in [2.05, 4.69) is 12.1 Å². The number of amides is 1. The lowest BCUT2D eigenvalue weighted by Gasteiger charge is -2.28. The fourth-order valence-electron chi connectivity index (χ4n) is 2.57. The van der Waals surface area contributed by atoms with Crippen LogP contribution < -0.4 is 4.90 Å². The molecule has 1 amide bonds. The number of rotatable bonds is 3. The monoisotopic (exact) mass is 242 g/mol. The molecule has 0 saturated carbocycles. The van der Waals surface area contributed by atoms with Gasteiger partial charge in [0.1, 0.15) is 5.41 Å². The average molecular weight is 242 g/mol. The number of fused-ring (bicyclic) bond motifs is 1. The van der Waals surface area contributed by atoms with Gasteiger partial charge in [0.15, 0.2) is 0 Å². The van der Waals surface area contributed by atoms with Gasteiger partial charge in [-0.3, -0.25) is 4.79 Å². The number of hydrogen-bond donors (Lipinski definition) is 0. The first-order valence-corrected chi connectivity index (χ1v) is 6.49. The quantitative estimate of drug-likeness (QED) is 0.818. The zero-order chi connectivity index (χ0) is 13.2. The molecule has 3 heteroatoms. The largest absolute Gasteiger partial charge is 0.310 e. The van der Waals surface area contributed by atoms with Crippen molar-refractivity contribution in [1.82, 2.24) is 0 Å². The lowest BCUT2D eigenvalue weighted by Crippen LogP contribution is -2.42. The van der Waals surface area contributed by atoms with Crippen molar-refractivity contribution >= 4 is 11.6 Å². The summed E-state index contributed by atoms with van der Waals surface area (Å²) in [6, 6.07) is 10.2. The highest BCUT2D eigenvalue weighted by molar-refractivity contribution is 6.00. The summed E-state index contributed by atoms with van der Waals surface area (Å²) in [4.78, 5) is 14.4. The number of nitriles is 1. The molecule has 0 saturated heterocycles. The van der Waals surface area contributed by atoms with Crippen LogP contribution in [0.1, 0.15) is 32.3 Å². The lowest BCUT2D eigenvalue weighted by molar-refractivity contribution is -0.125. The molecule has 1 aromatic rings. The molecule has 1 aliphatic rings. The van der Waals surface area contributed by atoms with Gasteiger partial charge in [0.2, 0.25) is 5.91 Å². The van der Waals surface area contributed by atoms with Crippen molar-refractivity contribution < 1.29 is 4.79 Å². The van der Waals surface area contributed by atoms with Gasteiger partial charge in [-0.1, -0.05) is 32.0 Å². The minimum Gasteiger partial charge on any atom is -0.310 e. The Morgan fingerprint density at radius 3 is 2.67 bits per heavy atom. The SMILES string of the molecule is CCC(C#N)(CC)C(=O)N1CCc2ccccc21. The molecule has 94 valence electrons. The predicted molar refractivity (Wildman–Crippen MR) is 71.1 cm³/mol. The van der Waals surface area contributed by atoms with E-state index in [1.165, 1.54) is 5.56 Å². The average Bonchev–Trinajstić information content (AvgIpc) is 2.85. The topological polar surface area (TPSA) is 44.1 Å². The zero-order valence-corrected chi connectivity index (χ0v) is 10.9. The summed E-state index contributed by atoms with van der Waals surface area (Å²) < 4.78 is 0. The summed E-state index contributed by atoms with van der Waals surface area (Å²) in [7, 11) is 0. The van der Waals surface area contributed by atoms with Crippen LogP contribution >= 0.6 is 0 Å². The highest BCUT2D eigenvalue weighted by Gasteiger charge is 2.40. The Hall–Kier alpha value is -1.82. The minimum absolute atomic E-state index is 0.0417. The Morgan fingerprint density at radius 1 is 1.39 bits per heavy atom. The lowest BCUT2D eigenvalue weighted by atomic mass is 9.82. The first-order valence-electron chi connectivity index (χ1n) is 6.49. The van der Waals surface area contributed by atoms with Crippen LogP contribution in [-0.4, -0.2) is 12.5 Å². The molecule has 1 aromatic carbocycles. The Labute approximate surface area is 108 Å². The van der Waals surface area contributed by atoms with Crippen molar-refractivity contribution in [2.24, 2.45) is 5.41 Å². The van der Waals surface area contributed by atoms with Crippen LogP contribution in [0.5, 0.6) is 0 Å². The second-order valence-electron chi connectivity index (χ2n) is 4.74. The maximum atomic E-state index is 12.6. The molecule has 18 heavy (non-hydrogen) atoms. The van der Waals surface area contributed by atoms with Gasteiger partial charge in [-0.05, 0) is 30.9 Å².